The van der Waals surface area contributed by atoms with Gasteiger partial charge in [-0.25, -0.2) is 13.9 Å². The number of carbonyl (C=O) groups excluding carboxylic acids is 1. The first-order valence-electron chi connectivity index (χ1n) is 10.2. The number of hydrogen-bond acceptors (Lipinski definition) is 6. The largest absolute Gasteiger partial charge is 0.461 e. The van der Waals surface area contributed by atoms with Crippen LogP contribution in [0.25, 0.3) is 0 Å². The molecule has 2 aromatic carbocycles. The number of anilines is 1. The molecule has 0 spiro atoms. The number of nitrogens with one attached hydrogen (secondary N) is 1. The summed E-state index contributed by atoms with van der Waals surface area (Å²) in [5.74, 6) is -2.90. The molecule has 1 saturated heterocycles. The molecule has 186 valence electrons. The SMILES string of the molecule is O=C(NO)C(CS(=O)(=O)N1CCN(c2ccc(OC(F)(F)C(F)F)cc2)CC1)c1ccccc1. The highest BCUT2D eigenvalue weighted by molar-refractivity contribution is 7.89. The lowest BCUT2D eigenvalue weighted by molar-refractivity contribution is -0.253. The lowest BCUT2D eigenvalue weighted by atomic mass is 10.0. The van der Waals surface area contributed by atoms with Crippen LogP contribution in [0.2, 0.25) is 0 Å². The number of nitrogens with zero attached hydrogens (tertiary/aromatic N) is 2. The molecule has 0 aromatic heterocycles. The highest BCUT2D eigenvalue weighted by atomic mass is 32.2. The molecule has 1 atom stereocenters. The number of hydroxylamine groups is 1. The second kappa shape index (κ2) is 10.6. The number of rotatable bonds is 9. The summed E-state index contributed by atoms with van der Waals surface area (Å²) < 4.78 is 81.8. The first kappa shape index (κ1) is 25.7. The molecule has 8 nitrogen and oxygen atoms in total. The van der Waals surface area contributed by atoms with Gasteiger partial charge in [0.05, 0.1) is 11.7 Å². The Labute approximate surface area is 193 Å². The summed E-state index contributed by atoms with van der Waals surface area (Å²) in [7, 11) is -3.87. The van der Waals surface area contributed by atoms with Crippen LogP contribution in [0.4, 0.5) is 23.2 Å². The molecule has 2 aromatic rings. The van der Waals surface area contributed by atoms with Crippen LogP contribution >= 0.6 is 0 Å². The number of halogens is 4. The van der Waals surface area contributed by atoms with Gasteiger partial charge in [0, 0.05) is 31.9 Å². The minimum atomic E-state index is -4.61. The molecule has 1 fully saturated rings. The van der Waals surface area contributed by atoms with Gasteiger partial charge >= 0.3 is 12.5 Å². The molecule has 1 amide bonds. The smallest absolute Gasteiger partial charge is 0.428 e. The first-order chi connectivity index (χ1) is 16.0. The van der Waals surface area contributed by atoms with E-state index in [-0.39, 0.29) is 26.2 Å². The molecule has 0 saturated carbocycles. The van der Waals surface area contributed by atoms with E-state index in [4.69, 9.17) is 5.21 Å². The van der Waals surface area contributed by atoms with Crippen LogP contribution in [0.3, 0.4) is 0 Å². The van der Waals surface area contributed by atoms with Gasteiger partial charge in [0.15, 0.2) is 0 Å². The number of hydrogen-bond donors (Lipinski definition) is 2. The second-order valence-corrected chi connectivity index (χ2v) is 9.58. The average molecular weight is 505 g/mol. The number of carbonyl (C=O) groups is 1. The monoisotopic (exact) mass is 505 g/mol. The van der Waals surface area contributed by atoms with Crippen molar-refractivity contribution in [2.75, 3.05) is 36.8 Å². The van der Waals surface area contributed by atoms with Crippen molar-refractivity contribution >= 4 is 21.6 Å². The normalized spacial score (nSPS) is 16.4. The zero-order chi connectivity index (χ0) is 24.9. The van der Waals surface area contributed by atoms with Gasteiger partial charge in [0.2, 0.25) is 10.0 Å². The molecule has 2 N–H and O–H groups in total. The maximum Gasteiger partial charge on any atom is 0.461 e. The first-order valence-corrected chi connectivity index (χ1v) is 11.8. The quantitative estimate of drug-likeness (QED) is 0.309. The van der Waals surface area contributed by atoms with Gasteiger partial charge in [-0.15, -0.1) is 0 Å². The van der Waals surface area contributed by atoms with Crippen molar-refractivity contribution in [1.82, 2.24) is 9.79 Å². The van der Waals surface area contributed by atoms with Gasteiger partial charge in [0.25, 0.3) is 5.91 Å². The second-order valence-electron chi connectivity index (χ2n) is 7.56. The summed E-state index contributed by atoms with van der Waals surface area (Å²) in [6.07, 6.45) is -8.57. The van der Waals surface area contributed by atoms with Crippen molar-refractivity contribution in [3.8, 4) is 5.75 Å². The van der Waals surface area contributed by atoms with E-state index >= 15 is 0 Å². The summed E-state index contributed by atoms with van der Waals surface area (Å²) in [4.78, 5) is 13.9. The Morgan fingerprint density at radius 1 is 1.03 bits per heavy atom. The van der Waals surface area contributed by atoms with E-state index in [1.54, 1.807) is 35.2 Å². The molecule has 1 aliphatic rings. The number of sulfonamides is 1. The van der Waals surface area contributed by atoms with Crippen LogP contribution in [0, 0.1) is 0 Å². The van der Waals surface area contributed by atoms with Crippen molar-refractivity contribution in [2.45, 2.75) is 18.5 Å². The molecule has 0 radical (unpaired) electrons. The van der Waals surface area contributed by atoms with E-state index in [1.807, 2.05) is 0 Å². The molecule has 3 rings (SSSR count). The van der Waals surface area contributed by atoms with Crippen molar-refractivity contribution in [3.63, 3.8) is 0 Å². The van der Waals surface area contributed by atoms with Gasteiger partial charge in [-0.2, -0.15) is 21.9 Å². The molecule has 13 heteroatoms. The van der Waals surface area contributed by atoms with E-state index in [0.29, 0.717) is 11.3 Å². The maximum absolute atomic E-state index is 13.0. The number of piperazine rings is 1. The van der Waals surface area contributed by atoms with Crippen molar-refractivity contribution < 1.29 is 40.7 Å². The third-order valence-corrected chi connectivity index (χ3v) is 7.25. The molecule has 0 aliphatic carbocycles. The molecular weight excluding hydrogens is 482 g/mol. The van der Waals surface area contributed by atoms with E-state index in [9.17, 15) is 30.8 Å². The highest BCUT2D eigenvalue weighted by Gasteiger charge is 2.44. The number of benzene rings is 2. The minimum Gasteiger partial charge on any atom is -0.428 e. The standard InChI is InChI=1S/C21H23F4N3O5S/c22-20(23)21(24,25)33-17-8-6-16(7-9-17)27-10-12-28(13-11-27)34(31,32)14-18(19(29)26-30)15-4-2-1-3-5-15/h1-9,18,20,30H,10-14H2,(H,26,29). The van der Waals surface area contributed by atoms with E-state index in [1.165, 1.54) is 21.9 Å². The Morgan fingerprint density at radius 3 is 2.15 bits per heavy atom. The lowest BCUT2D eigenvalue weighted by Crippen LogP contribution is -2.50. The zero-order valence-corrected chi connectivity index (χ0v) is 18.6. The molecule has 1 aliphatic heterocycles. The van der Waals surface area contributed by atoms with Crippen LogP contribution in [-0.2, 0) is 14.8 Å². The maximum atomic E-state index is 13.0. The number of amides is 1. The van der Waals surface area contributed by atoms with Gasteiger partial charge in [-0.3, -0.25) is 10.0 Å². The average Bonchev–Trinajstić information content (AvgIpc) is 2.83. The number of ether oxygens (including phenoxy) is 1. The summed E-state index contributed by atoms with van der Waals surface area (Å²) in [5, 5.41) is 9.04. The van der Waals surface area contributed by atoms with Gasteiger partial charge < -0.3 is 9.64 Å². The van der Waals surface area contributed by atoms with E-state index in [0.717, 1.165) is 12.1 Å². The Hall–Kier alpha value is -2.90. The highest BCUT2D eigenvalue weighted by Crippen LogP contribution is 2.29. The van der Waals surface area contributed by atoms with Gasteiger partial charge in [0.1, 0.15) is 5.75 Å². The molecule has 1 heterocycles. The van der Waals surface area contributed by atoms with Crippen molar-refractivity contribution in [1.29, 1.82) is 0 Å². The zero-order valence-electron chi connectivity index (χ0n) is 17.8. The van der Waals surface area contributed by atoms with Gasteiger partial charge in [-0.05, 0) is 29.8 Å². The molecular formula is C21H23F4N3O5S. The predicted octanol–water partition coefficient (Wildman–Crippen LogP) is 2.66. The topological polar surface area (TPSA) is 99.2 Å². The Balaban J connectivity index is 1.62. The van der Waals surface area contributed by atoms with Crippen molar-refractivity contribution in [2.24, 2.45) is 0 Å². The summed E-state index contributed by atoms with van der Waals surface area (Å²) in [6.45, 7) is 0.752. The van der Waals surface area contributed by atoms with Crippen LogP contribution in [0.15, 0.2) is 54.6 Å². The molecule has 0 bridgehead atoms. The fourth-order valence-electron chi connectivity index (χ4n) is 3.55. The Kier molecular flexibility index (Phi) is 8.00. The molecule has 1 unspecified atom stereocenters. The Bertz CT molecular complexity index is 1060. The fraction of sp³-hybridized carbons (Fsp3) is 0.381. The minimum absolute atomic E-state index is 0.103. The lowest BCUT2D eigenvalue weighted by Gasteiger charge is -2.36. The Morgan fingerprint density at radius 2 is 1.62 bits per heavy atom. The van der Waals surface area contributed by atoms with Crippen LogP contribution in [0.5, 0.6) is 5.75 Å². The van der Waals surface area contributed by atoms with Crippen LogP contribution in [0.1, 0.15) is 11.5 Å². The van der Waals surface area contributed by atoms with Crippen LogP contribution in [-0.4, -0.2) is 68.3 Å². The van der Waals surface area contributed by atoms with E-state index in [2.05, 4.69) is 4.74 Å². The van der Waals surface area contributed by atoms with Gasteiger partial charge in [-0.1, -0.05) is 30.3 Å². The predicted molar refractivity (Wildman–Crippen MR) is 115 cm³/mol. The third kappa shape index (κ3) is 6.15. The van der Waals surface area contributed by atoms with Crippen LogP contribution < -0.4 is 15.1 Å². The van der Waals surface area contributed by atoms with E-state index < -0.39 is 45.9 Å². The summed E-state index contributed by atoms with van der Waals surface area (Å²) >= 11 is 0. The third-order valence-electron chi connectivity index (χ3n) is 5.35. The summed E-state index contributed by atoms with van der Waals surface area (Å²) in [5.41, 5.74) is 2.53. The van der Waals surface area contributed by atoms with Crippen molar-refractivity contribution in [3.05, 3.63) is 60.2 Å². The molecule has 34 heavy (non-hydrogen) atoms. The fourth-order valence-corrected chi connectivity index (χ4v) is 5.25. The summed E-state index contributed by atoms with van der Waals surface area (Å²) in [6, 6.07) is 13.3. The number of alkyl halides is 4.